The van der Waals surface area contributed by atoms with E-state index in [0.29, 0.717) is 22.1 Å². The monoisotopic (exact) mass is 385 g/mol. The average Bonchev–Trinajstić information content (AvgIpc) is 2.94. The number of nitrogens with zero attached hydrogens (tertiary/aromatic N) is 2. The number of hydrogen-bond acceptors (Lipinski definition) is 4. The molecule has 2 aromatic rings. The number of para-hydroxylation sites is 1. The summed E-state index contributed by atoms with van der Waals surface area (Å²) in [7, 11) is 0. The van der Waals surface area contributed by atoms with Gasteiger partial charge >= 0.3 is 6.03 Å². The number of benzene rings is 2. The van der Waals surface area contributed by atoms with Gasteiger partial charge in [0.2, 0.25) is 5.91 Å². The van der Waals surface area contributed by atoms with Crippen LogP contribution < -0.4 is 10.1 Å². The van der Waals surface area contributed by atoms with Crippen molar-refractivity contribution in [2.45, 2.75) is 13.1 Å². The molecule has 7 nitrogen and oxygen atoms in total. The van der Waals surface area contributed by atoms with E-state index in [2.05, 4.69) is 5.32 Å². The van der Waals surface area contributed by atoms with Crippen molar-refractivity contribution in [2.24, 2.45) is 0 Å². The van der Waals surface area contributed by atoms with Crippen LogP contribution >= 0.6 is 11.6 Å². The highest BCUT2D eigenvalue weighted by Gasteiger charge is 2.32. The molecule has 0 atom stereocenters. The van der Waals surface area contributed by atoms with Crippen LogP contribution in [0.2, 0.25) is 5.02 Å². The zero-order valence-electron chi connectivity index (χ0n) is 14.3. The molecule has 2 aliphatic rings. The van der Waals surface area contributed by atoms with Gasteiger partial charge in [-0.1, -0.05) is 35.9 Å². The molecule has 1 N–H and O–H groups in total. The number of hydrogen-bond donors (Lipinski definition) is 1. The number of urea groups is 1. The summed E-state index contributed by atoms with van der Waals surface area (Å²) in [5.74, 6) is 0.446. The summed E-state index contributed by atoms with van der Waals surface area (Å²) in [4.78, 5) is 39.0. The number of ether oxygens (including phenoxy) is 1. The minimum atomic E-state index is -0.553. The molecule has 0 aliphatic carbocycles. The second-order valence-corrected chi connectivity index (χ2v) is 6.72. The lowest BCUT2D eigenvalue weighted by atomic mass is 10.1. The van der Waals surface area contributed by atoms with Crippen LogP contribution in [-0.4, -0.2) is 40.7 Å². The molecule has 27 heavy (non-hydrogen) atoms. The predicted octanol–water partition coefficient (Wildman–Crippen LogP) is 2.53. The first-order chi connectivity index (χ1) is 13.0. The molecule has 2 aromatic carbocycles. The third-order valence-corrected chi connectivity index (χ3v) is 4.92. The number of halogens is 1. The highest BCUT2D eigenvalue weighted by Crippen LogP contribution is 2.36. The van der Waals surface area contributed by atoms with Crippen molar-refractivity contribution in [3.05, 3.63) is 58.6 Å². The molecule has 0 unspecified atom stereocenters. The van der Waals surface area contributed by atoms with Crippen LogP contribution in [0.4, 0.5) is 4.79 Å². The lowest BCUT2D eigenvalue weighted by Crippen LogP contribution is -2.42. The van der Waals surface area contributed by atoms with E-state index in [1.807, 2.05) is 24.3 Å². The van der Waals surface area contributed by atoms with Crippen molar-refractivity contribution in [3.63, 3.8) is 0 Å². The molecule has 1 saturated heterocycles. The number of carbonyl (C=O) groups is 3. The fraction of sp³-hybridized carbons (Fsp3) is 0.211. The van der Waals surface area contributed by atoms with Gasteiger partial charge in [0.05, 0.1) is 13.1 Å². The first-order valence-electron chi connectivity index (χ1n) is 8.42. The first-order valence-corrected chi connectivity index (χ1v) is 8.80. The fourth-order valence-electron chi connectivity index (χ4n) is 3.12. The maximum Gasteiger partial charge on any atom is 0.325 e. The Morgan fingerprint density at radius 2 is 1.85 bits per heavy atom. The lowest BCUT2D eigenvalue weighted by molar-refractivity contribution is -0.137. The van der Waals surface area contributed by atoms with Crippen molar-refractivity contribution in [2.75, 3.05) is 13.1 Å². The molecular weight excluding hydrogens is 370 g/mol. The summed E-state index contributed by atoms with van der Waals surface area (Å²) in [5, 5.41) is 2.90. The third kappa shape index (κ3) is 3.33. The van der Waals surface area contributed by atoms with E-state index in [9.17, 15) is 14.4 Å². The van der Waals surface area contributed by atoms with Gasteiger partial charge in [-0.15, -0.1) is 0 Å². The topological polar surface area (TPSA) is 79.0 Å². The van der Waals surface area contributed by atoms with E-state index >= 15 is 0 Å². The second kappa shape index (κ2) is 6.92. The van der Waals surface area contributed by atoms with Crippen molar-refractivity contribution in [1.82, 2.24) is 15.1 Å². The normalized spacial score (nSPS) is 16.0. The third-order valence-electron chi connectivity index (χ3n) is 4.56. The van der Waals surface area contributed by atoms with Gasteiger partial charge in [0.25, 0.3) is 5.91 Å². The molecule has 0 radical (unpaired) electrons. The van der Waals surface area contributed by atoms with Gasteiger partial charge in [-0.05, 0) is 18.2 Å². The largest absolute Gasteiger partial charge is 0.457 e. The van der Waals surface area contributed by atoms with Crippen LogP contribution in [0.3, 0.4) is 0 Å². The van der Waals surface area contributed by atoms with Crippen LogP contribution in [0.5, 0.6) is 11.5 Å². The number of carbonyl (C=O) groups excluding carboxylic acids is 3. The van der Waals surface area contributed by atoms with Crippen LogP contribution in [0, 0.1) is 0 Å². The minimum Gasteiger partial charge on any atom is -0.457 e. The van der Waals surface area contributed by atoms with Crippen molar-refractivity contribution < 1.29 is 19.1 Å². The molecule has 0 spiro atoms. The van der Waals surface area contributed by atoms with E-state index in [1.165, 1.54) is 0 Å². The Morgan fingerprint density at radius 1 is 1.07 bits per heavy atom. The number of amides is 4. The highest BCUT2D eigenvalue weighted by molar-refractivity contribution is 6.31. The Kier molecular flexibility index (Phi) is 4.45. The first kappa shape index (κ1) is 17.4. The Morgan fingerprint density at radius 3 is 2.63 bits per heavy atom. The average molecular weight is 386 g/mol. The Bertz CT molecular complexity index is 930. The Balaban J connectivity index is 1.68. The van der Waals surface area contributed by atoms with E-state index in [1.54, 1.807) is 23.1 Å². The van der Waals surface area contributed by atoms with Crippen LogP contribution in [-0.2, 0) is 22.7 Å². The van der Waals surface area contributed by atoms with Gasteiger partial charge < -0.3 is 15.0 Å². The van der Waals surface area contributed by atoms with Gasteiger partial charge in [0.15, 0.2) is 0 Å². The van der Waals surface area contributed by atoms with Crippen LogP contribution in [0.15, 0.2) is 42.5 Å². The summed E-state index contributed by atoms with van der Waals surface area (Å²) in [5.41, 5.74) is 1.51. The molecular formula is C19H16ClN3O4. The summed E-state index contributed by atoms with van der Waals surface area (Å²) in [6, 6.07) is 12.2. The van der Waals surface area contributed by atoms with Gasteiger partial charge in [0.1, 0.15) is 18.0 Å². The molecule has 0 aromatic heterocycles. The second-order valence-electron chi connectivity index (χ2n) is 6.31. The van der Waals surface area contributed by atoms with Gasteiger partial charge in [-0.3, -0.25) is 14.5 Å². The number of rotatable bonds is 2. The summed E-state index contributed by atoms with van der Waals surface area (Å²) in [6.45, 7) is 0.0973. The number of imide groups is 1. The molecule has 0 bridgehead atoms. The van der Waals surface area contributed by atoms with Crippen molar-refractivity contribution >= 4 is 29.4 Å². The van der Waals surface area contributed by atoms with E-state index in [4.69, 9.17) is 16.3 Å². The fourth-order valence-corrected chi connectivity index (χ4v) is 3.35. The Labute approximate surface area is 160 Å². The highest BCUT2D eigenvalue weighted by atomic mass is 35.5. The van der Waals surface area contributed by atoms with Crippen molar-refractivity contribution in [1.29, 1.82) is 0 Å². The predicted molar refractivity (Wildman–Crippen MR) is 97.3 cm³/mol. The molecule has 2 heterocycles. The smallest absolute Gasteiger partial charge is 0.325 e. The van der Waals surface area contributed by atoms with E-state index in [-0.39, 0.29) is 32.1 Å². The molecule has 4 rings (SSSR count). The number of fused-ring (bicyclic) bond motifs is 2. The van der Waals surface area contributed by atoms with Gasteiger partial charge in [-0.2, -0.15) is 0 Å². The molecule has 1 fully saturated rings. The van der Waals surface area contributed by atoms with Crippen molar-refractivity contribution in [3.8, 4) is 11.5 Å². The molecule has 8 heteroatoms. The maximum absolute atomic E-state index is 12.9. The molecule has 0 saturated carbocycles. The molecule has 138 valence electrons. The summed E-state index contributed by atoms with van der Waals surface area (Å²) < 4.78 is 6.01. The van der Waals surface area contributed by atoms with Gasteiger partial charge in [-0.25, -0.2) is 4.79 Å². The van der Waals surface area contributed by atoms with E-state index < -0.39 is 11.9 Å². The quantitative estimate of drug-likeness (QED) is 0.806. The summed E-state index contributed by atoms with van der Waals surface area (Å²) >= 11 is 6.34. The summed E-state index contributed by atoms with van der Waals surface area (Å²) in [6.07, 6.45) is 0. The molecule has 2 aliphatic heterocycles. The van der Waals surface area contributed by atoms with Crippen LogP contribution in [0.1, 0.15) is 11.1 Å². The van der Waals surface area contributed by atoms with Gasteiger partial charge in [0, 0.05) is 22.7 Å². The minimum absolute atomic E-state index is 0.0859. The SMILES string of the molecule is O=C(CN1C(=O)CNC1=O)N1Cc2ccccc2Oc2cccc(Cl)c2C1. The lowest BCUT2D eigenvalue weighted by Gasteiger charge is -2.29. The zero-order chi connectivity index (χ0) is 19.0. The standard InChI is InChI=1S/C19H16ClN3O4/c20-14-5-3-7-16-13(14)10-22(9-12-4-1-2-6-15(12)27-16)18(25)11-23-17(24)8-21-19(23)26/h1-7H,8-11H2,(H,21,26). The molecule has 4 amide bonds. The maximum atomic E-state index is 12.9. The Hall–Kier alpha value is -3.06. The van der Waals surface area contributed by atoms with Crippen LogP contribution in [0.25, 0.3) is 0 Å². The number of nitrogens with one attached hydrogen (secondary N) is 1. The zero-order valence-corrected chi connectivity index (χ0v) is 15.0. The van der Waals surface area contributed by atoms with E-state index in [0.717, 1.165) is 10.5 Å².